The van der Waals surface area contributed by atoms with Gasteiger partial charge >= 0.3 is 0 Å². The van der Waals surface area contributed by atoms with Gasteiger partial charge in [0.2, 0.25) is 0 Å². The first-order chi connectivity index (χ1) is 14.0. The molecule has 2 aromatic carbocycles. The van der Waals surface area contributed by atoms with E-state index in [9.17, 15) is 0 Å². The molecular formula is C23H31N3O2S. The Morgan fingerprint density at radius 2 is 1.93 bits per heavy atom. The molecule has 2 unspecified atom stereocenters. The zero-order chi connectivity index (χ0) is 21.0. The van der Waals surface area contributed by atoms with Crippen LogP contribution < -0.4 is 20.1 Å². The van der Waals surface area contributed by atoms with E-state index in [1.54, 1.807) is 14.2 Å². The number of nitrogens with zero attached hydrogens (tertiary/aromatic N) is 1. The van der Waals surface area contributed by atoms with Gasteiger partial charge in [-0.05, 0) is 80.0 Å². The summed E-state index contributed by atoms with van der Waals surface area (Å²) in [7, 11) is 3.37. The van der Waals surface area contributed by atoms with Crippen LogP contribution in [0.1, 0.15) is 36.6 Å². The lowest BCUT2D eigenvalue weighted by molar-refractivity contribution is 0.166. The van der Waals surface area contributed by atoms with Crippen molar-refractivity contribution in [2.24, 2.45) is 0 Å². The molecule has 0 aromatic heterocycles. The molecule has 0 amide bonds. The minimum absolute atomic E-state index is 0.122. The highest BCUT2D eigenvalue weighted by Gasteiger charge is 2.32. The Labute approximate surface area is 179 Å². The summed E-state index contributed by atoms with van der Waals surface area (Å²) in [5.74, 6) is 1.55. The summed E-state index contributed by atoms with van der Waals surface area (Å²) in [4.78, 5) is 2.49. The highest BCUT2D eigenvalue weighted by Crippen LogP contribution is 2.39. The largest absolute Gasteiger partial charge is 0.493 e. The van der Waals surface area contributed by atoms with Crippen LogP contribution in [-0.4, -0.2) is 43.4 Å². The molecule has 2 atom stereocenters. The first-order valence-electron chi connectivity index (χ1n) is 10.1. The molecule has 1 aliphatic heterocycles. The van der Waals surface area contributed by atoms with E-state index in [4.69, 9.17) is 21.7 Å². The Morgan fingerprint density at radius 3 is 2.59 bits per heavy atom. The van der Waals surface area contributed by atoms with Crippen LogP contribution in [0.4, 0.5) is 5.69 Å². The maximum atomic E-state index is 5.60. The molecule has 0 fully saturated rings. The lowest BCUT2D eigenvalue weighted by atomic mass is 9.88. The van der Waals surface area contributed by atoms with E-state index in [2.05, 4.69) is 60.6 Å². The third-order valence-electron chi connectivity index (χ3n) is 5.54. The van der Waals surface area contributed by atoms with Crippen LogP contribution in [0.5, 0.6) is 11.5 Å². The van der Waals surface area contributed by atoms with E-state index in [0.717, 1.165) is 36.7 Å². The lowest BCUT2D eigenvalue weighted by Gasteiger charge is -2.41. The van der Waals surface area contributed by atoms with Gasteiger partial charge in [0.25, 0.3) is 0 Å². The van der Waals surface area contributed by atoms with Crippen molar-refractivity contribution in [3.05, 3.63) is 53.1 Å². The summed E-state index contributed by atoms with van der Waals surface area (Å²) in [6, 6.07) is 12.8. The average Bonchev–Trinajstić information content (AvgIpc) is 2.71. The molecule has 3 rings (SSSR count). The standard InChI is InChI=1S/C23H31N3O2S/c1-6-26-11-10-17-13-20(27-4)21(28-5)14-19(17)22(26)16(3)24-23(29)25-18-9-7-8-15(2)12-18/h7-9,12-14,16,22H,6,10-11H2,1-5H3,(H2,24,25,29). The Bertz CT molecular complexity index is 871. The number of methoxy groups -OCH3 is 2. The first-order valence-corrected chi connectivity index (χ1v) is 10.5. The monoisotopic (exact) mass is 413 g/mol. The second-order valence-electron chi connectivity index (χ2n) is 7.49. The second kappa shape index (κ2) is 9.46. The summed E-state index contributed by atoms with van der Waals surface area (Å²) < 4.78 is 11.1. The molecule has 2 aromatic rings. The first kappa shape index (κ1) is 21.4. The van der Waals surface area contributed by atoms with Gasteiger partial charge in [0.05, 0.1) is 20.3 Å². The molecule has 5 nitrogen and oxygen atoms in total. The molecule has 0 bridgehead atoms. The molecule has 0 saturated carbocycles. The number of nitrogens with one attached hydrogen (secondary N) is 2. The molecule has 0 spiro atoms. The third-order valence-corrected chi connectivity index (χ3v) is 5.76. The lowest BCUT2D eigenvalue weighted by Crippen LogP contribution is -2.48. The number of aryl methyl sites for hydroxylation is 1. The second-order valence-corrected chi connectivity index (χ2v) is 7.89. The number of ether oxygens (including phenoxy) is 2. The topological polar surface area (TPSA) is 45.8 Å². The molecule has 0 saturated heterocycles. The quantitative estimate of drug-likeness (QED) is 0.689. The Kier molecular flexibility index (Phi) is 6.98. The number of hydrogen-bond donors (Lipinski definition) is 2. The minimum Gasteiger partial charge on any atom is -0.493 e. The Hall–Kier alpha value is -2.31. The fourth-order valence-electron chi connectivity index (χ4n) is 4.14. The Balaban J connectivity index is 1.83. The number of hydrogen-bond acceptors (Lipinski definition) is 4. The van der Waals surface area contributed by atoms with Crippen LogP contribution in [0.15, 0.2) is 36.4 Å². The van der Waals surface area contributed by atoms with E-state index in [-0.39, 0.29) is 12.1 Å². The van der Waals surface area contributed by atoms with Crippen LogP contribution in [-0.2, 0) is 6.42 Å². The number of rotatable bonds is 6. The maximum absolute atomic E-state index is 5.60. The van der Waals surface area contributed by atoms with Crippen LogP contribution in [0, 0.1) is 6.92 Å². The summed E-state index contributed by atoms with van der Waals surface area (Å²) in [5, 5.41) is 7.43. The molecule has 6 heteroatoms. The van der Waals surface area contributed by atoms with E-state index in [0.29, 0.717) is 5.11 Å². The average molecular weight is 414 g/mol. The van der Waals surface area contributed by atoms with Crippen LogP contribution >= 0.6 is 12.2 Å². The minimum atomic E-state index is 0.122. The zero-order valence-corrected chi connectivity index (χ0v) is 18.7. The molecule has 156 valence electrons. The number of thiocarbonyl (C=S) groups is 1. The van der Waals surface area contributed by atoms with Gasteiger partial charge in [0, 0.05) is 18.3 Å². The van der Waals surface area contributed by atoms with Gasteiger partial charge in [-0.3, -0.25) is 4.90 Å². The van der Waals surface area contributed by atoms with Gasteiger partial charge in [0.1, 0.15) is 0 Å². The van der Waals surface area contributed by atoms with Crippen LogP contribution in [0.3, 0.4) is 0 Å². The predicted octanol–water partition coefficient (Wildman–Crippen LogP) is 4.31. The van der Waals surface area contributed by atoms with Gasteiger partial charge in [-0.15, -0.1) is 0 Å². The van der Waals surface area contributed by atoms with E-state index >= 15 is 0 Å². The molecule has 1 aliphatic rings. The summed E-state index contributed by atoms with van der Waals surface area (Å²) >= 11 is 5.60. The molecule has 1 heterocycles. The number of anilines is 1. The fourth-order valence-corrected chi connectivity index (χ4v) is 4.45. The third kappa shape index (κ3) is 4.82. The van der Waals surface area contributed by atoms with Crippen molar-refractivity contribution < 1.29 is 9.47 Å². The van der Waals surface area contributed by atoms with Gasteiger partial charge in [-0.25, -0.2) is 0 Å². The van der Waals surface area contributed by atoms with Crippen molar-refractivity contribution in [2.75, 3.05) is 32.6 Å². The normalized spacial score (nSPS) is 17.2. The van der Waals surface area contributed by atoms with Crippen LogP contribution in [0.25, 0.3) is 0 Å². The van der Waals surface area contributed by atoms with Gasteiger partial charge in [-0.1, -0.05) is 19.1 Å². The van der Waals surface area contributed by atoms with Gasteiger partial charge in [0.15, 0.2) is 16.6 Å². The highest BCUT2D eigenvalue weighted by molar-refractivity contribution is 7.80. The van der Waals surface area contributed by atoms with E-state index in [1.165, 1.54) is 16.7 Å². The number of benzene rings is 2. The molecule has 0 radical (unpaired) electrons. The summed E-state index contributed by atoms with van der Waals surface area (Å²) in [6.45, 7) is 8.44. The van der Waals surface area contributed by atoms with E-state index in [1.807, 2.05) is 12.1 Å². The zero-order valence-electron chi connectivity index (χ0n) is 17.9. The van der Waals surface area contributed by atoms with Crippen molar-refractivity contribution in [1.82, 2.24) is 10.2 Å². The van der Waals surface area contributed by atoms with Crippen molar-refractivity contribution in [3.63, 3.8) is 0 Å². The molecule has 2 N–H and O–H groups in total. The summed E-state index contributed by atoms with van der Waals surface area (Å²) in [5.41, 5.74) is 4.78. The summed E-state index contributed by atoms with van der Waals surface area (Å²) in [6.07, 6.45) is 0.999. The van der Waals surface area contributed by atoms with Crippen molar-refractivity contribution >= 4 is 23.0 Å². The van der Waals surface area contributed by atoms with Crippen LogP contribution in [0.2, 0.25) is 0 Å². The SMILES string of the molecule is CCN1CCc2cc(OC)c(OC)cc2C1C(C)NC(=S)Nc1cccc(C)c1. The van der Waals surface area contributed by atoms with Gasteiger partial charge < -0.3 is 20.1 Å². The molecular weight excluding hydrogens is 382 g/mol. The molecule has 0 aliphatic carbocycles. The van der Waals surface area contributed by atoms with Crippen molar-refractivity contribution in [2.45, 2.75) is 39.3 Å². The number of fused-ring (bicyclic) bond motifs is 1. The Morgan fingerprint density at radius 1 is 1.21 bits per heavy atom. The molecule has 29 heavy (non-hydrogen) atoms. The maximum Gasteiger partial charge on any atom is 0.171 e. The fraction of sp³-hybridized carbons (Fsp3) is 0.435. The van der Waals surface area contributed by atoms with Crippen molar-refractivity contribution in [1.29, 1.82) is 0 Å². The number of likely N-dealkylation sites (N-methyl/N-ethyl adjacent to an activating group) is 1. The predicted molar refractivity (Wildman–Crippen MR) is 123 cm³/mol. The highest BCUT2D eigenvalue weighted by atomic mass is 32.1. The van der Waals surface area contributed by atoms with Gasteiger partial charge in [-0.2, -0.15) is 0 Å². The van der Waals surface area contributed by atoms with E-state index < -0.39 is 0 Å². The van der Waals surface area contributed by atoms with Crippen molar-refractivity contribution in [3.8, 4) is 11.5 Å². The smallest absolute Gasteiger partial charge is 0.171 e.